The third kappa shape index (κ3) is 6.43. The van der Waals surface area contributed by atoms with Gasteiger partial charge in [0.25, 0.3) is 0 Å². The van der Waals surface area contributed by atoms with Gasteiger partial charge in [-0.2, -0.15) is 0 Å². The van der Waals surface area contributed by atoms with Crippen LogP contribution >= 0.6 is 0 Å². The van der Waals surface area contributed by atoms with Crippen molar-refractivity contribution in [2.24, 2.45) is 34.0 Å². The van der Waals surface area contributed by atoms with E-state index in [2.05, 4.69) is 6.92 Å². The quantitative estimate of drug-likeness (QED) is 0.300. The van der Waals surface area contributed by atoms with Crippen LogP contribution in [0.4, 0.5) is 0 Å². The van der Waals surface area contributed by atoms with Gasteiger partial charge < -0.3 is 24.5 Å². The molecule has 0 aromatic heterocycles. The number of ketones is 2. The third-order valence-corrected chi connectivity index (χ3v) is 9.94. The Hall–Kier alpha value is -1.81. The minimum absolute atomic E-state index is 0. The van der Waals surface area contributed by atoms with E-state index in [0.29, 0.717) is 12.8 Å². The Kier molecular flexibility index (Phi) is 9.91. The van der Waals surface area contributed by atoms with Crippen LogP contribution in [-0.2, 0) is 33.4 Å². The first-order valence-electron chi connectivity index (χ1n) is 14.2. The molecule has 0 spiro atoms. The summed E-state index contributed by atoms with van der Waals surface area (Å²) in [7, 11) is 0. The number of esters is 2. The van der Waals surface area contributed by atoms with Gasteiger partial charge in [0.2, 0.25) is 5.78 Å². The number of carboxylic acids is 1. The summed E-state index contributed by atoms with van der Waals surface area (Å²) in [5, 5.41) is 22.6. The average molecular weight is 581 g/mol. The molecule has 10 heteroatoms. The SMILES string of the molecule is CC(C)(C)CC(=O)O[C@@H]1C[C@@]2(C)C(CC[C@]2(O)C(=O)COC(=O)CCC(=O)[O-])C2CCC3=CC(=O)C=C[C@]3(C)C21.[Na+]. The summed E-state index contributed by atoms with van der Waals surface area (Å²) in [5.74, 6) is -3.43. The normalized spacial score (nSPS) is 35.7. The monoisotopic (exact) mass is 580 g/mol. The van der Waals surface area contributed by atoms with E-state index in [0.717, 1.165) is 12.0 Å². The smallest absolute Gasteiger partial charge is 0.550 e. The van der Waals surface area contributed by atoms with Crippen molar-refractivity contribution >= 4 is 29.5 Å². The molecule has 0 saturated heterocycles. The molecule has 1 N–H and O–H groups in total. The maximum Gasteiger partial charge on any atom is 1.00 e. The summed E-state index contributed by atoms with van der Waals surface area (Å²) in [4.78, 5) is 61.4. The summed E-state index contributed by atoms with van der Waals surface area (Å²) in [6.07, 6.45) is 6.34. The van der Waals surface area contributed by atoms with E-state index in [1.165, 1.54) is 0 Å². The van der Waals surface area contributed by atoms with Gasteiger partial charge in [-0.25, -0.2) is 0 Å². The van der Waals surface area contributed by atoms with Crippen molar-refractivity contribution in [1.29, 1.82) is 0 Å². The second kappa shape index (κ2) is 12.1. The Morgan fingerprint density at radius 1 is 1.10 bits per heavy atom. The fourth-order valence-electron chi connectivity index (χ4n) is 8.05. The Bertz CT molecular complexity index is 1170. The third-order valence-electron chi connectivity index (χ3n) is 9.94. The number of carbonyl (C=O) groups is 5. The minimum atomic E-state index is -1.80. The van der Waals surface area contributed by atoms with Gasteiger partial charge in [0.05, 0.1) is 12.8 Å². The molecular weight excluding hydrogens is 539 g/mol. The van der Waals surface area contributed by atoms with Crippen molar-refractivity contribution in [2.75, 3.05) is 6.61 Å². The number of fused-ring (bicyclic) bond motifs is 5. The van der Waals surface area contributed by atoms with E-state index in [1.54, 1.807) is 12.2 Å². The van der Waals surface area contributed by atoms with E-state index >= 15 is 0 Å². The fraction of sp³-hybridized carbons (Fsp3) is 0.710. The Morgan fingerprint density at radius 2 is 1.78 bits per heavy atom. The molecule has 3 unspecified atom stereocenters. The molecule has 4 aliphatic carbocycles. The number of hydrogen-bond acceptors (Lipinski definition) is 9. The first-order valence-corrected chi connectivity index (χ1v) is 14.2. The zero-order valence-corrected chi connectivity index (χ0v) is 27.1. The van der Waals surface area contributed by atoms with Gasteiger partial charge in [-0.15, -0.1) is 0 Å². The zero-order chi connectivity index (χ0) is 29.7. The van der Waals surface area contributed by atoms with Crippen LogP contribution in [0.5, 0.6) is 0 Å². The van der Waals surface area contributed by atoms with E-state index < -0.39 is 59.7 Å². The van der Waals surface area contributed by atoms with Crippen LogP contribution in [0, 0.1) is 34.0 Å². The second-order valence-electron chi connectivity index (χ2n) is 13.8. The Labute approximate surface area is 263 Å². The van der Waals surface area contributed by atoms with E-state index in [4.69, 9.17) is 9.47 Å². The van der Waals surface area contributed by atoms with Crippen LogP contribution in [0.15, 0.2) is 23.8 Å². The largest absolute Gasteiger partial charge is 1.00 e. The number of rotatable bonds is 8. The molecule has 0 radical (unpaired) electrons. The van der Waals surface area contributed by atoms with Crippen LogP contribution in [0.1, 0.15) is 86.0 Å². The van der Waals surface area contributed by atoms with Crippen molar-refractivity contribution in [1.82, 2.24) is 0 Å². The molecule has 4 rings (SSSR count). The van der Waals surface area contributed by atoms with E-state index in [9.17, 15) is 34.2 Å². The number of Topliss-reactive ketones (excluding diaryl/α,β-unsaturated/α-hetero) is 1. The van der Waals surface area contributed by atoms with Crippen LogP contribution in [-0.4, -0.2) is 52.9 Å². The molecule has 0 bridgehead atoms. The number of hydrogen-bond donors (Lipinski definition) is 1. The maximum atomic E-state index is 13.5. The predicted octanol–water partition coefficient (Wildman–Crippen LogP) is -0.370. The first-order chi connectivity index (χ1) is 18.5. The van der Waals surface area contributed by atoms with Crippen molar-refractivity contribution in [3.05, 3.63) is 23.8 Å². The maximum absolute atomic E-state index is 13.5. The van der Waals surface area contributed by atoms with Gasteiger partial charge in [0.1, 0.15) is 11.7 Å². The molecular formula is C31H41NaO9. The molecule has 4 aliphatic rings. The summed E-state index contributed by atoms with van der Waals surface area (Å²) in [6.45, 7) is 9.16. The van der Waals surface area contributed by atoms with Gasteiger partial charge in [-0.1, -0.05) is 46.3 Å². The number of ether oxygens (including phenoxy) is 2. The van der Waals surface area contributed by atoms with Crippen molar-refractivity contribution < 1.29 is 73.2 Å². The van der Waals surface area contributed by atoms with Gasteiger partial charge in [0.15, 0.2) is 12.4 Å². The Balaban J connectivity index is 0.00000462. The van der Waals surface area contributed by atoms with Crippen LogP contribution in [0.3, 0.4) is 0 Å². The molecule has 3 fully saturated rings. The molecule has 0 aromatic rings. The summed E-state index contributed by atoms with van der Waals surface area (Å²) in [6, 6.07) is 0. The molecule has 41 heavy (non-hydrogen) atoms. The van der Waals surface area contributed by atoms with Crippen LogP contribution < -0.4 is 34.7 Å². The summed E-state index contributed by atoms with van der Waals surface area (Å²) in [5.41, 5.74) is -2.51. The van der Waals surface area contributed by atoms with Gasteiger partial charge in [0, 0.05) is 22.7 Å². The number of carbonyl (C=O) groups excluding carboxylic acids is 5. The molecule has 9 nitrogen and oxygen atoms in total. The number of allylic oxidation sites excluding steroid dienone is 4. The standard InChI is InChI=1S/C31H42O9.Na/c1-28(2,3)16-26(37)40-22-15-30(5)21(20-7-6-18-14-19(32)10-12-29(18,4)27(20)22)11-13-31(30,38)23(33)17-39-25(36)9-8-24(34)35;/h10,12,14,20-22,27,38H,6-9,11,13,15-17H2,1-5H3,(H,34,35);/q;+1/p-1/t20?,21?,22-,27?,29+,30+,31+;/m1./s1. The van der Waals surface area contributed by atoms with Crippen LogP contribution in [0.25, 0.3) is 0 Å². The predicted molar refractivity (Wildman–Crippen MR) is 141 cm³/mol. The number of carboxylic acid groups (broad SMARTS) is 1. The summed E-state index contributed by atoms with van der Waals surface area (Å²) < 4.78 is 11.3. The second-order valence-corrected chi connectivity index (χ2v) is 13.8. The van der Waals surface area contributed by atoms with Crippen molar-refractivity contribution in [3.8, 4) is 0 Å². The Morgan fingerprint density at radius 3 is 2.41 bits per heavy atom. The molecule has 0 aliphatic heterocycles. The van der Waals surface area contributed by atoms with E-state index in [-0.39, 0.29) is 83.7 Å². The summed E-state index contributed by atoms with van der Waals surface area (Å²) >= 11 is 0. The zero-order valence-electron chi connectivity index (χ0n) is 25.1. The van der Waals surface area contributed by atoms with Crippen molar-refractivity contribution in [2.45, 2.75) is 97.7 Å². The molecule has 7 atom stereocenters. The molecule has 0 amide bonds. The topological polar surface area (TPSA) is 147 Å². The first kappa shape index (κ1) is 33.7. The molecule has 220 valence electrons. The number of aliphatic carboxylic acids is 1. The van der Waals surface area contributed by atoms with E-state index in [1.807, 2.05) is 33.8 Å². The van der Waals surface area contributed by atoms with Gasteiger partial charge >= 0.3 is 41.5 Å². The van der Waals surface area contributed by atoms with Gasteiger partial charge in [-0.05, 0) is 67.9 Å². The number of aliphatic hydroxyl groups is 1. The molecule has 3 saturated carbocycles. The average Bonchev–Trinajstić information content (AvgIpc) is 3.11. The van der Waals surface area contributed by atoms with Crippen LogP contribution in [0.2, 0.25) is 0 Å². The molecule has 0 aromatic carbocycles. The fourth-order valence-corrected chi connectivity index (χ4v) is 8.05. The molecule has 0 heterocycles. The van der Waals surface area contributed by atoms with Gasteiger partial charge in [-0.3, -0.25) is 19.2 Å². The minimum Gasteiger partial charge on any atom is -0.550 e. The van der Waals surface area contributed by atoms with Crippen molar-refractivity contribution in [3.63, 3.8) is 0 Å².